The molecule has 1 saturated heterocycles. The maximum atomic E-state index is 12.3. The van der Waals surface area contributed by atoms with Gasteiger partial charge in [-0.25, -0.2) is 9.78 Å². The first-order valence-corrected chi connectivity index (χ1v) is 11.5. The quantitative estimate of drug-likeness (QED) is 0.463. The Balaban J connectivity index is 1.55. The van der Waals surface area contributed by atoms with Gasteiger partial charge < -0.3 is 20.3 Å². The number of phenols is 1. The predicted molar refractivity (Wildman–Crippen MR) is 136 cm³/mol. The summed E-state index contributed by atoms with van der Waals surface area (Å²) >= 11 is 6.57. The van der Waals surface area contributed by atoms with Crippen molar-refractivity contribution in [3.05, 3.63) is 82.1 Å². The summed E-state index contributed by atoms with van der Waals surface area (Å²) in [6.45, 7) is 3.64. The molecular formula is C26H26ClN5O2. The minimum Gasteiger partial charge on any atom is -0.507 e. The van der Waals surface area contributed by atoms with Crippen molar-refractivity contribution in [1.82, 2.24) is 14.1 Å². The van der Waals surface area contributed by atoms with Crippen molar-refractivity contribution in [2.24, 2.45) is 12.8 Å². The average Bonchev–Trinajstić information content (AvgIpc) is 3.40. The molecule has 7 nitrogen and oxygen atoms in total. The highest BCUT2D eigenvalue weighted by molar-refractivity contribution is 6.32. The van der Waals surface area contributed by atoms with Crippen LogP contribution in [0.15, 0.2) is 65.8 Å². The minimum atomic E-state index is -0.178. The molecule has 0 aliphatic carbocycles. The number of aryl methyl sites for hydroxylation is 2. The molecule has 34 heavy (non-hydrogen) atoms. The maximum absolute atomic E-state index is 12.3. The highest BCUT2D eigenvalue weighted by Crippen LogP contribution is 2.41. The van der Waals surface area contributed by atoms with E-state index in [2.05, 4.69) is 9.88 Å². The number of phenolic OH excluding ortho intramolecular Hbond substituents is 1. The molecule has 1 atom stereocenters. The first-order chi connectivity index (χ1) is 16.3. The first-order valence-electron chi connectivity index (χ1n) is 11.2. The SMILES string of the molecule is Cc1cc(-c2ccnc(N3CC[C@H](N)C3)c2)c(O)c(-c2ccc(-n3ccn(C)c3=O)c(Cl)c2)c1. The standard InChI is InChI=1S/C26H26ClN5O2/c1-16-11-20(17-3-4-23(22(27)13-17)32-10-9-30(2)26(32)34)25(33)21(12-16)18-5-7-29-24(14-18)31-8-6-19(28)15-31/h3-5,7,9-14,19,33H,6,8,15,28H2,1-2H3/t19-/m0/s1. The number of benzene rings is 2. The topological polar surface area (TPSA) is 89.3 Å². The number of hydrogen-bond donors (Lipinski definition) is 2. The minimum absolute atomic E-state index is 0.156. The second kappa shape index (κ2) is 8.66. The number of nitrogens with two attached hydrogens (primary N) is 1. The zero-order valence-corrected chi connectivity index (χ0v) is 19.8. The highest BCUT2D eigenvalue weighted by atomic mass is 35.5. The van der Waals surface area contributed by atoms with Gasteiger partial charge in [-0.05, 0) is 66.4 Å². The molecule has 3 N–H and O–H groups in total. The molecule has 0 spiro atoms. The van der Waals surface area contributed by atoms with Crippen LogP contribution in [-0.4, -0.2) is 38.4 Å². The van der Waals surface area contributed by atoms with Gasteiger partial charge in [0.15, 0.2) is 0 Å². The van der Waals surface area contributed by atoms with E-state index in [9.17, 15) is 9.90 Å². The molecule has 2 aromatic heterocycles. The van der Waals surface area contributed by atoms with Crippen molar-refractivity contribution in [1.29, 1.82) is 0 Å². The van der Waals surface area contributed by atoms with Crippen molar-refractivity contribution in [3.63, 3.8) is 0 Å². The van der Waals surface area contributed by atoms with Crippen molar-refractivity contribution >= 4 is 17.4 Å². The summed E-state index contributed by atoms with van der Waals surface area (Å²) in [4.78, 5) is 19.0. The van der Waals surface area contributed by atoms with Crippen LogP contribution in [0.4, 0.5) is 5.82 Å². The van der Waals surface area contributed by atoms with Gasteiger partial charge in [-0.2, -0.15) is 0 Å². The predicted octanol–water partition coefficient (Wildman–Crippen LogP) is 4.11. The Labute approximate surface area is 202 Å². The molecule has 0 amide bonds. The lowest BCUT2D eigenvalue weighted by molar-refractivity contribution is 0.479. The third kappa shape index (κ3) is 3.97. The summed E-state index contributed by atoms with van der Waals surface area (Å²) < 4.78 is 2.98. The van der Waals surface area contributed by atoms with E-state index in [0.717, 1.165) is 47.6 Å². The lowest BCUT2D eigenvalue weighted by atomic mass is 9.95. The van der Waals surface area contributed by atoms with Gasteiger partial charge in [0, 0.05) is 55.9 Å². The van der Waals surface area contributed by atoms with Crippen LogP contribution in [0.1, 0.15) is 12.0 Å². The summed E-state index contributed by atoms with van der Waals surface area (Å²) in [6, 6.07) is 13.4. The summed E-state index contributed by atoms with van der Waals surface area (Å²) in [6.07, 6.45) is 6.07. The van der Waals surface area contributed by atoms with Gasteiger partial charge in [-0.3, -0.25) is 4.57 Å². The summed E-state index contributed by atoms with van der Waals surface area (Å²) in [7, 11) is 1.69. The van der Waals surface area contributed by atoms with E-state index in [-0.39, 0.29) is 17.5 Å². The van der Waals surface area contributed by atoms with Crippen LogP contribution in [0.5, 0.6) is 5.75 Å². The van der Waals surface area contributed by atoms with E-state index in [4.69, 9.17) is 17.3 Å². The van der Waals surface area contributed by atoms with Crippen LogP contribution in [0.3, 0.4) is 0 Å². The molecule has 4 aromatic rings. The van der Waals surface area contributed by atoms with Gasteiger partial charge in [0.2, 0.25) is 0 Å². The fraction of sp³-hybridized carbons (Fsp3) is 0.231. The van der Waals surface area contributed by atoms with E-state index in [1.54, 1.807) is 37.8 Å². The number of halogens is 1. The third-order valence-electron chi connectivity index (χ3n) is 6.32. The number of anilines is 1. The van der Waals surface area contributed by atoms with Crippen LogP contribution in [0.2, 0.25) is 5.02 Å². The van der Waals surface area contributed by atoms with E-state index in [0.29, 0.717) is 16.3 Å². The summed E-state index contributed by atoms with van der Waals surface area (Å²) in [5.74, 6) is 1.02. The van der Waals surface area contributed by atoms with Gasteiger partial charge in [-0.1, -0.05) is 17.7 Å². The van der Waals surface area contributed by atoms with Crippen LogP contribution < -0.4 is 16.3 Å². The van der Waals surface area contributed by atoms with Crippen molar-refractivity contribution in [2.45, 2.75) is 19.4 Å². The summed E-state index contributed by atoms with van der Waals surface area (Å²) in [5.41, 5.74) is 10.5. The van der Waals surface area contributed by atoms with Crippen molar-refractivity contribution in [3.8, 4) is 33.7 Å². The largest absolute Gasteiger partial charge is 0.507 e. The third-order valence-corrected chi connectivity index (χ3v) is 6.63. The molecular weight excluding hydrogens is 450 g/mol. The molecule has 8 heteroatoms. The monoisotopic (exact) mass is 475 g/mol. The molecule has 1 fully saturated rings. The Morgan fingerprint density at radius 2 is 1.82 bits per heavy atom. The Bertz CT molecular complexity index is 1440. The smallest absolute Gasteiger partial charge is 0.332 e. The fourth-order valence-corrected chi connectivity index (χ4v) is 4.76. The molecule has 1 aliphatic heterocycles. The molecule has 174 valence electrons. The molecule has 5 rings (SSSR count). The second-order valence-electron chi connectivity index (χ2n) is 8.83. The summed E-state index contributed by atoms with van der Waals surface area (Å²) in [5, 5.41) is 11.7. The van der Waals surface area contributed by atoms with Gasteiger partial charge in [0.05, 0.1) is 10.7 Å². The van der Waals surface area contributed by atoms with E-state index in [1.807, 2.05) is 37.3 Å². The average molecular weight is 476 g/mol. The highest BCUT2D eigenvalue weighted by Gasteiger charge is 2.21. The van der Waals surface area contributed by atoms with E-state index >= 15 is 0 Å². The molecule has 3 heterocycles. The molecule has 1 aliphatic rings. The van der Waals surface area contributed by atoms with Gasteiger partial charge in [0.25, 0.3) is 0 Å². The molecule has 0 radical (unpaired) electrons. The Kier molecular flexibility index (Phi) is 5.67. The van der Waals surface area contributed by atoms with E-state index in [1.165, 1.54) is 9.13 Å². The van der Waals surface area contributed by atoms with Gasteiger partial charge >= 0.3 is 5.69 Å². The number of hydrogen-bond acceptors (Lipinski definition) is 5. The maximum Gasteiger partial charge on any atom is 0.332 e. The number of nitrogens with zero attached hydrogens (tertiary/aromatic N) is 4. The van der Waals surface area contributed by atoms with Crippen LogP contribution >= 0.6 is 11.6 Å². The zero-order valence-electron chi connectivity index (χ0n) is 19.1. The first kappa shape index (κ1) is 22.3. The Hall–Kier alpha value is -3.55. The number of aromatic hydroxyl groups is 1. The Morgan fingerprint density at radius 3 is 2.44 bits per heavy atom. The van der Waals surface area contributed by atoms with Crippen LogP contribution in [-0.2, 0) is 7.05 Å². The number of aromatic nitrogens is 3. The number of pyridine rings is 1. The zero-order chi connectivity index (χ0) is 24.0. The lowest BCUT2D eigenvalue weighted by Gasteiger charge is -2.18. The second-order valence-corrected chi connectivity index (χ2v) is 9.24. The van der Waals surface area contributed by atoms with Crippen molar-refractivity contribution < 1.29 is 5.11 Å². The van der Waals surface area contributed by atoms with Crippen LogP contribution in [0.25, 0.3) is 27.9 Å². The molecule has 0 saturated carbocycles. The van der Waals surface area contributed by atoms with Gasteiger partial charge in [0.1, 0.15) is 11.6 Å². The number of imidazole rings is 1. The number of rotatable bonds is 4. The van der Waals surface area contributed by atoms with Crippen molar-refractivity contribution in [2.75, 3.05) is 18.0 Å². The molecule has 2 aromatic carbocycles. The van der Waals surface area contributed by atoms with E-state index < -0.39 is 0 Å². The molecule has 0 bridgehead atoms. The fourth-order valence-electron chi connectivity index (χ4n) is 4.49. The van der Waals surface area contributed by atoms with Gasteiger partial charge in [-0.15, -0.1) is 0 Å². The Morgan fingerprint density at radius 1 is 1.09 bits per heavy atom. The lowest BCUT2D eigenvalue weighted by Crippen LogP contribution is -2.26. The molecule has 0 unspecified atom stereocenters. The van der Waals surface area contributed by atoms with Crippen LogP contribution in [0, 0.1) is 6.92 Å². The normalized spacial score (nSPS) is 15.8.